The average molecular weight is 515 g/mol. The molecule has 0 saturated carbocycles. The highest BCUT2D eigenvalue weighted by atomic mass is 79.9. The lowest BCUT2D eigenvalue weighted by Gasteiger charge is -2.44. The summed E-state index contributed by atoms with van der Waals surface area (Å²) in [5.41, 5.74) is 2.73. The van der Waals surface area contributed by atoms with Gasteiger partial charge in [0.2, 0.25) is 0 Å². The molecule has 1 spiro atoms. The van der Waals surface area contributed by atoms with Crippen LogP contribution in [0.4, 0.5) is 5.69 Å². The summed E-state index contributed by atoms with van der Waals surface area (Å²) in [4.78, 5) is 13.4. The van der Waals surface area contributed by atoms with Crippen molar-refractivity contribution >= 4 is 56.4 Å². The molecule has 2 unspecified atom stereocenters. The van der Waals surface area contributed by atoms with E-state index in [2.05, 4.69) is 21.2 Å². The molecule has 0 aromatic heterocycles. The van der Waals surface area contributed by atoms with Gasteiger partial charge >= 0.3 is 5.72 Å². The first kappa shape index (κ1) is 19.2. The minimum absolute atomic E-state index is 0.205. The number of halogens is 3. The Hall–Kier alpha value is -2.54. The van der Waals surface area contributed by atoms with E-state index in [1.807, 2.05) is 54.6 Å². The monoisotopic (exact) mass is 513 g/mol. The van der Waals surface area contributed by atoms with Crippen molar-refractivity contribution in [3.05, 3.63) is 91.9 Å². The number of hydrogen-bond donors (Lipinski definition) is 1. The number of nitrogens with one attached hydrogen (secondary N) is 1. The van der Waals surface area contributed by atoms with Gasteiger partial charge < -0.3 is 10.1 Å². The molecular formula is C23H14BrCl2N3O2. The predicted molar refractivity (Wildman–Crippen MR) is 124 cm³/mol. The van der Waals surface area contributed by atoms with Crippen molar-refractivity contribution in [1.29, 1.82) is 0 Å². The van der Waals surface area contributed by atoms with Crippen molar-refractivity contribution in [3.63, 3.8) is 0 Å². The maximum Gasteiger partial charge on any atom is 0.306 e. The maximum atomic E-state index is 13.4. The van der Waals surface area contributed by atoms with E-state index in [-0.39, 0.29) is 11.9 Å². The summed E-state index contributed by atoms with van der Waals surface area (Å²) in [6.45, 7) is 0. The van der Waals surface area contributed by atoms with Gasteiger partial charge in [-0.05, 0) is 54.1 Å². The van der Waals surface area contributed by atoms with Gasteiger partial charge in [-0.1, -0.05) is 51.3 Å². The molecule has 1 N–H and O–H groups in total. The fourth-order valence-corrected chi connectivity index (χ4v) is 5.17. The van der Waals surface area contributed by atoms with Gasteiger partial charge in [0.1, 0.15) is 5.75 Å². The molecular weight excluding hydrogens is 501 g/mol. The Morgan fingerprint density at radius 1 is 1.06 bits per heavy atom. The first-order valence-corrected chi connectivity index (χ1v) is 11.2. The average Bonchev–Trinajstić information content (AvgIpc) is 3.31. The second-order valence-electron chi connectivity index (χ2n) is 7.69. The number of rotatable bonds is 1. The van der Waals surface area contributed by atoms with Crippen LogP contribution in [0.25, 0.3) is 0 Å². The summed E-state index contributed by atoms with van der Waals surface area (Å²) >= 11 is 15.9. The molecule has 0 radical (unpaired) electrons. The lowest BCUT2D eigenvalue weighted by Crippen LogP contribution is -2.55. The van der Waals surface area contributed by atoms with Crippen molar-refractivity contribution < 1.29 is 9.53 Å². The highest BCUT2D eigenvalue weighted by molar-refractivity contribution is 9.10. The summed E-state index contributed by atoms with van der Waals surface area (Å²) in [5, 5.41) is 10.9. The lowest BCUT2D eigenvalue weighted by molar-refractivity contribution is -0.161. The summed E-state index contributed by atoms with van der Waals surface area (Å²) in [6, 6.07) is 18.5. The minimum Gasteiger partial charge on any atom is -0.453 e. The summed E-state index contributed by atoms with van der Waals surface area (Å²) < 4.78 is 7.30. The molecule has 3 aromatic rings. The standard InChI is InChI=1S/C23H14BrCl2N3O2/c24-13-3-7-18-17(9-13)23(22(30)27-18)29-20(16-10-15(26)6-8-21(16)31-23)11-19(28-29)12-1-4-14(25)5-2-12/h1-10,20H,11H2,(H,27,30). The van der Waals surface area contributed by atoms with Crippen LogP contribution in [-0.2, 0) is 10.5 Å². The molecule has 3 aliphatic rings. The molecule has 5 nitrogen and oxygen atoms in total. The van der Waals surface area contributed by atoms with Crippen LogP contribution in [0.1, 0.15) is 29.2 Å². The quantitative estimate of drug-likeness (QED) is 0.426. The van der Waals surface area contributed by atoms with Crippen molar-refractivity contribution in [2.75, 3.05) is 5.32 Å². The number of carbonyl (C=O) groups is 1. The molecule has 3 aliphatic heterocycles. The molecule has 8 heteroatoms. The predicted octanol–water partition coefficient (Wildman–Crippen LogP) is 6.10. The van der Waals surface area contributed by atoms with Gasteiger partial charge in [0, 0.05) is 26.5 Å². The first-order chi connectivity index (χ1) is 15.0. The molecule has 0 fully saturated rings. The third-order valence-electron chi connectivity index (χ3n) is 5.90. The third kappa shape index (κ3) is 2.75. The molecule has 2 atom stereocenters. The largest absolute Gasteiger partial charge is 0.453 e. The second kappa shape index (κ2) is 6.73. The van der Waals surface area contributed by atoms with Crippen LogP contribution < -0.4 is 10.1 Å². The Labute approximate surface area is 196 Å². The van der Waals surface area contributed by atoms with E-state index in [1.54, 1.807) is 11.1 Å². The highest BCUT2D eigenvalue weighted by Gasteiger charge is 2.61. The van der Waals surface area contributed by atoms with Gasteiger partial charge in [-0.3, -0.25) is 4.79 Å². The van der Waals surface area contributed by atoms with Gasteiger partial charge in [-0.2, -0.15) is 5.10 Å². The fourth-order valence-electron chi connectivity index (χ4n) is 4.50. The zero-order chi connectivity index (χ0) is 21.3. The van der Waals surface area contributed by atoms with Crippen LogP contribution >= 0.6 is 39.1 Å². The Morgan fingerprint density at radius 2 is 1.84 bits per heavy atom. The summed E-state index contributed by atoms with van der Waals surface area (Å²) in [6.07, 6.45) is 0.608. The van der Waals surface area contributed by atoms with Crippen molar-refractivity contribution in [2.45, 2.75) is 18.2 Å². The van der Waals surface area contributed by atoms with Gasteiger partial charge in [0.15, 0.2) is 0 Å². The van der Waals surface area contributed by atoms with Crippen LogP contribution in [0.2, 0.25) is 10.0 Å². The number of benzene rings is 3. The Bertz CT molecular complexity index is 1290. The molecule has 31 heavy (non-hydrogen) atoms. The molecule has 154 valence electrons. The van der Waals surface area contributed by atoms with Gasteiger partial charge in [-0.25, -0.2) is 5.01 Å². The normalized spacial score (nSPS) is 23.1. The van der Waals surface area contributed by atoms with Crippen molar-refractivity contribution in [1.82, 2.24) is 5.01 Å². The third-order valence-corrected chi connectivity index (χ3v) is 6.88. The van der Waals surface area contributed by atoms with Crippen LogP contribution in [0, 0.1) is 0 Å². The number of nitrogens with zero attached hydrogens (tertiary/aromatic N) is 2. The number of fused-ring (bicyclic) bond motifs is 6. The topological polar surface area (TPSA) is 53.9 Å². The smallest absolute Gasteiger partial charge is 0.306 e. The fraction of sp³-hybridized carbons (Fsp3) is 0.130. The van der Waals surface area contributed by atoms with Crippen LogP contribution in [-0.4, -0.2) is 16.6 Å². The van der Waals surface area contributed by atoms with E-state index in [0.717, 1.165) is 26.9 Å². The number of carbonyl (C=O) groups excluding carboxylic acids is 1. The number of anilines is 1. The highest BCUT2D eigenvalue weighted by Crippen LogP contribution is 2.54. The van der Waals surface area contributed by atoms with Crippen LogP contribution in [0.15, 0.2) is 70.2 Å². The van der Waals surface area contributed by atoms with Gasteiger partial charge in [-0.15, -0.1) is 0 Å². The van der Waals surface area contributed by atoms with E-state index < -0.39 is 5.72 Å². The Morgan fingerprint density at radius 3 is 2.65 bits per heavy atom. The van der Waals surface area contributed by atoms with Crippen molar-refractivity contribution in [3.8, 4) is 5.75 Å². The zero-order valence-corrected chi connectivity index (χ0v) is 19.0. The zero-order valence-electron chi connectivity index (χ0n) is 15.9. The molecule has 3 aromatic carbocycles. The number of hydrazone groups is 1. The van der Waals surface area contributed by atoms with E-state index in [0.29, 0.717) is 27.9 Å². The van der Waals surface area contributed by atoms with E-state index >= 15 is 0 Å². The SMILES string of the molecule is O=C1Nc2ccc(Br)cc2C12Oc1ccc(Cl)cc1C1CC(c3ccc(Cl)cc3)=NN12. The Balaban J connectivity index is 1.58. The van der Waals surface area contributed by atoms with Gasteiger partial charge in [0.25, 0.3) is 5.91 Å². The second-order valence-corrected chi connectivity index (χ2v) is 9.48. The molecule has 3 heterocycles. The summed E-state index contributed by atoms with van der Waals surface area (Å²) in [7, 11) is 0. The van der Waals surface area contributed by atoms with E-state index in [1.165, 1.54) is 0 Å². The van der Waals surface area contributed by atoms with E-state index in [9.17, 15) is 4.79 Å². The molecule has 6 rings (SSSR count). The number of amides is 1. The van der Waals surface area contributed by atoms with Gasteiger partial charge in [0.05, 0.1) is 23.0 Å². The molecule has 0 saturated heterocycles. The van der Waals surface area contributed by atoms with E-state index in [4.69, 9.17) is 33.0 Å². The first-order valence-electron chi connectivity index (χ1n) is 9.68. The van der Waals surface area contributed by atoms with Crippen LogP contribution in [0.3, 0.4) is 0 Å². The molecule has 1 amide bonds. The minimum atomic E-state index is -1.40. The number of ether oxygens (including phenoxy) is 1. The molecule has 0 aliphatic carbocycles. The van der Waals surface area contributed by atoms with Crippen LogP contribution in [0.5, 0.6) is 5.75 Å². The Kier molecular flexibility index (Phi) is 4.16. The summed E-state index contributed by atoms with van der Waals surface area (Å²) in [5.74, 6) is 0.355. The lowest BCUT2D eigenvalue weighted by atomic mass is 9.92. The number of hydrogen-bond acceptors (Lipinski definition) is 4. The maximum absolute atomic E-state index is 13.4. The van der Waals surface area contributed by atoms with Crippen molar-refractivity contribution in [2.24, 2.45) is 5.10 Å². The molecule has 0 bridgehead atoms.